The lowest BCUT2D eigenvalue weighted by Crippen LogP contribution is -2.63. The van der Waals surface area contributed by atoms with Gasteiger partial charge in [0.1, 0.15) is 5.60 Å². The van der Waals surface area contributed by atoms with Gasteiger partial charge in [-0.1, -0.05) is 18.2 Å². The summed E-state index contributed by atoms with van der Waals surface area (Å²) < 4.78 is 5.36. The molecule has 0 unspecified atom stereocenters. The summed E-state index contributed by atoms with van der Waals surface area (Å²) >= 11 is 0. The monoisotopic (exact) mass is 558 g/mol. The van der Waals surface area contributed by atoms with E-state index >= 15 is 0 Å². The van der Waals surface area contributed by atoms with E-state index in [0.717, 1.165) is 13.1 Å². The number of nitrogens with zero attached hydrogens (tertiary/aromatic N) is 4. The molecule has 0 radical (unpaired) electrons. The summed E-state index contributed by atoms with van der Waals surface area (Å²) in [6.45, 7) is 9.89. The molecule has 0 aromatic heterocycles. The molecule has 0 spiro atoms. The number of piperazine rings is 1. The molecule has 2 aliphatic rings. The van der Waals surface area contributed by atoms with E-state index in [4.69, 9.17) is 4.74 Å². The fourth-order valence-electron chi connectivity index (χ4n) is 3.56. The van der Waals surface area contributed by atoms with E-state index in [9.17, 15) is 9.59 Å². The number of rotatable bonds is 4. The summed E-state index contributed by atoms with van der Waals surface area (Å²) in [5, 5.41) is 6.34. The zero-order valence-corrected chi connectivity index (χ0v) is 21.7. The van der Waals surface area contributed by atoms with Gasteiger partial charge in [-0.25, -0.2) is 4.79 Å². The van der Waals surface area contributed by atoms with Crippen molar-refractivity contribution >= 4 is 47.6 Å². The van der Waals surface area contributed by atoms with Crippen molar-refractivity contribution in [1.29, 1.82) is 0 Å². The van der Waals surface area contributed by atoms with Crippen molar-refractivity contribution in [3.8, 4) is 0 Å². The maximum atomic E-state index is 12.6. The molecule has 0 atom stereocenters. The van der Waals surface area contributed by atoms with E-state index < -0.39 is 5.60 Å². The van der Waals surface area contributed by atoms with E-state index in [1.807, 2.05) is 43.9 Å². The summed E-state index contributed by atoms with van der Waals surface area (Å²) in [5.74, 6) is 0.616. The van der Waals surface area contributed by atoms with Crippen molar-refractivity contribution in [3.63, 3.8) is 0 Å². The number of aliphatic imine (C=N–C) groups is 1. The second kappa shape index (κ2) is 11.6. The number of hydrogen-bond acceptors (Lipinski definition) is 5. The fourth-order valence-corrected chi connectivity index (χ4v) is 3.56. The van der Waals surface area contributed by atoms with Crippen LogP contribution in [0.3, 0.4) is 0 Å². The van der Waals surface area contributed by atoms with Crippen molar-refractivity contribution in [1.82, 2.24) is 20.4 Å². The fraction of sp³-hybridized carbons (Fsp3) is 0.591. The Bertz CT molecular complexity index is 785. The smallest absolute Gasteiger partial charge is 0.410 e. The van der Waals surface area contributed by atoms with Crippen LogP contribution in [-0.2, 0) is 9.53 Å². The van der Waals surface area contributed by atoms with Crippen LogP contribution in [0, 0.1) is 0 Å². The molecule has 9 nitrogen and oxygen atoms in total. The maximum Gasteiger partial charge on any atom is 0.410 e. The van der Waals surface area contributed by atoms with Crippen LogP contribution in [0.15, 0.2) is 35.3 Å². The third kappa shape index (κ3) is 7.42. The van der Waals surface area contributed by atoms with Gasteiger partial charge >= 0.3 is 6.09 Å². The second-order valence-corrected chi connectivity index (χ2v) is 8.86. The van der Waals surface area contributed by atoms with Gasteiger partial charge in [-0.2, -0.15) is 0 Å². The summed E-state index contributed by atoms with van der Waals surface area (Å²) in [6.07, 6.45) is -0.307. The molecule has 1 aromatic carbocycles. The van der Waals surface area contributed by atoms with Gasteiger partial charge in [0.15, 0.2) is 5.96 Å². The highest BCUT2D eigenvalue weighted by atomic mass is 127. The highest BCUT2D eigenvalue weighted by Gasteiger charge is 2.34. The number of benzene rings is 1. The molecule has 1 aromatic rings. The minimum atomic E-state index is -0.500. The van der Waals surface area contributed by atoms with E-state index in [2.05, 4.69) is 32.7 Å². The lowest BCUT2D eigenvalue weighted by molar-refractivity contribution is -0.130. The predicted octanol–water partition coefficient (Wildman–Crippen LogP) is 1.74. The Morgan fingerprint density at radius 1 is 1.06 bits per heavy atom. The zero-order chi connectivity index (χ0) is 22.4. The minimum absolute atomic E-state index is 0. The van der Waals surface area contributed by atoms with Gasteiger partial charge in [-0.3, -0.25) is 9.79 Å². The summed E-state index contributed by atoms with van der Waals surface area (Å²) in [7, 11) is 1.67. The number of nitrogens with one attached hydrogen (secondary N) is 2. The van der Waals surface area contributed by atoms with Gasteiger partial charge in [-0.05, 0) is 32.9 Å². The molecule has 2 fully saturated rings. The number of anilines is 1. The zero-order valence-electron chi connectivity index (χ0n) is 19.3. The Morgan fingerprint density at radius 2 is 1.69 bits per heavy atom. The van der Waals surface area contributed by atoms with Gasteiger partial charge in [-0.15, -0.1) is 24.0 Å². The largest absolute Gasteiger partial charge is 0.444 e. The molecule has 2 heterocycles. The highest BCUT2D eigenvalue weighted by Crippen LogP contribution is 2.16. The van der Waals surface area contributed by atoms with Crippen LogP contribution >= 0.6 is 24.0 Å². The minimum Gasteiger partial charge on any atom is -0.444 e. The van der Waals surface area contributed by atoms with Crippen molar-refractivity contribution < 1.29 is 14.3 Å². The second-order valence-electron chi connectivity index (χ2n) is 8.86. The molecule has 0 bridgehead atoms. The first-order valence-electron chi connectivity index (χ1n) is 10.8. The first kappa shape index (κ1) is 26.0. The molecule has 178 valence electrons. The SMILES string of the molecule is CN=C(NCC(=O)N1CCN(c2ccccc2)CC1)NC1CN(C(=O)OC(C)(C)C)C1.I. The van der Waals surface area contributed by atoms with Crippen LogP contribution in [0.25, 0.3) is 0 Å². The summed E-state index contributed by atoms with van der Waals surface area (Å²) in [5.41, 5.74) is 0.693. The topological polar surface area (TPSA) is 89.5 Å². The number of para-hydroxylation sites is 1. The average Bonchev–Trinajstić information content (AvgIpc) is 2.71. The number of hydrogen-bond donors (Lipinski definition) is 2. The van der Waals surface area contributed by atoms with Gasteiger partial charge in [0.2, 0.25) is 5.91 Å². The third-order valence-corrected chi connectivity index (χ3v) is 5.26. The average molecular weight is 558 g/mol. The number of carbonyl (C=O) groups is 2. The van der Waals surface area contributed by atoms with Crippen molar-refractivity contribution in [2.24, 2.45) is 4.99 Å². The number of amides is 2. The standard InChI is InChI=1S/C22H34N6O3.HI/c1-22(2,3)31-21(30)28-15-17(16-28)25-20(23-4)24-14-19(29)27-12-10-26(11-13-27)18-8-6-5-7-9-18;/h5-9,17H,10-16H2,1-4H3,(H2,23,24,25);1H. The Kier molecular flexibility index (Phi) is 9.41. The molecular weight excluding hydrogens is 523 g/mol. The van der Waals surface area contributed by atoms with Crippen molar-refractivity contribution in [2.45, 2.75) is 32.4 Å². The van der Waals surface area contributed by atoms with E-state index in [-0.39, 0.29) is 48.6 Å². The Hall–Kier alpha value is -2.24. The Morgan fingerprint density at radius 3 is 2.25 bits per heavy atom. The van der Waals surface area contributed by atoms with Crippen LogP contribution < -0.4 is 15.5 Å². The molecule has 2 amide bonds. The number of guanidine groups is 1. The highest BCUT2D eigenvalue weighted by molar-refractivity contribution is 14.0. The van der Waals surface area contributed by atoms with Crippen LogP contribution in [0.2, 0.25) is 0 Å². The van der Waals surface area contributed by atoms with Gasteiger partial charge in [0, 0.05) is 52.0 Å². The van der Waals surface area contributed by atoms with Crippen LogP contribution in [-0.4, -0.2) is 92.3 Å². The first-order chi connectivity index (χ1) is 14.7. The van der Waals surface area contributed by atoms with Crippen molar-refractivity contribution in [2.75, 3.05) is 57.8 Å². The van der Waals surface area contributed by atoms with E-state index in [1.165, 1.54) is 5.69 Å². The quantitative estimate of drug-likeness (QED) is 0.333. The molecule has 3 rings (SSSR count). The molecule has 2 N–H and O–H groups in total. The van der Waals surface area contributed by atoms with Crippen LogP contribution in [0.1, 0.15) is 20.8 Å². The molecule has 10 heteroatoms. The molecule has 32 heavy (non-hydrogen) atoms. The van der Waals surface area contributed by atoms with Crippen LogP contribution in [0.4, 0.5) is 10.5 Å². The third-order valence-electron chi connectivity index (χ3n) is 5.26. The predicted molar refractivity (Wildman–Crippen MR) is 137 cm³/mol. The van der Waals surface area contributed by atoms with E-state index in [0.29, 0.717) is 32.1 Å². The molecule has 2 aliphatic heterocycles. The Labute approximate surface area is 207 Å². The number of halogens is 1. The normalized spacial score (nSPS) is 17.2. The molecular formula is C22H35IN6O3. The maximum absolute atomic E-state index is 12.6. The lowest BCUT2D eigenvalue weighted by atomic mass is 10.1. The van der Waals surface area contributed by atoms with Gasteiger partial charge in [0.25, 0.3) is 0 Å². The Balaban J connectivity index is 0.00000363. The summed E-state index contributed by atoms with van der Waals surface area (Å²) in [6, 6.07) is 10.4. The molecule has 0 aliphatic carbocycles. The summed E-state index contributed by atoms with van der Waals surface area (Å²) in [4.78, 5) is 34.6. The molecule has 2 saturated heterocycles. The van der Waals surface area contributed by atoms with Crippen molar-refractivity contribution in [3.05, 3.63) is 30.3 Å². The van der Waals surface area contributed by atoms with Gasteiger partial charge in [0.05, 0.1) is 12.6 Å². The first-order valence-corrected chi connectivity index (χ1v) is 10.8. The molecule has 0 saturated carbocycles. The lowest BCUT2D eigenvalue weighted by Gasteiger charge is -2.40. The number of likely N-dealkylation sites (tertiary alicyclic amines) is 1. The number of carbonyl (C=O) groups excluding carboxylic acids is 2. The number of ether oxygens (including phenoxy) is 1. The van der Waals surface area contributed by atoms with Crippen LogP contribution in [0.5, 0.6) is 0 Å². The van der Waals surface area contributed by atoms with Gasteiger partial charge < -0.3 is 30.1 Å². The van der Waals surface area contributed by atoms with E-state index in [1.54, 1.807) is 11.9 Å².